The standard InChI is InChI=1S/C14H15ClF4N2/c1-8-5-12-11(6-10(8)16)20-13(3-4-15)21(12)9(2)7-14(17,18)19/h5-6,9H,3-4,7H2,1-2H3. The van der Waals surface area contributed by atoms with Gasteiger partial charge in [0.1, 0.15) is 11.6 Å². The van der Waals surface area contributed by atoms with Crippen LogP contribution in [0.2, 0.25) is 0 Å². The van der Waals surface area contributed by atoms with Gasteiger partial charge in [-0.25, -0.2) is 9.37 Å². The number of fused-ring (bicyclic) bond motifs is 1. The second-order valence-corrected chi connectivity index (χ2v) is 5.47. The molecule has 116 valence electrons. The number of nitrogens with zero attached hydrogens (tertiary/aromatic N) is 2. The van der Waals surface area contributed by atoms with Crippen LogP contribution in [0.15, 0.2) is 12.1 Å². The highest BCUT2D eigenvalue weighted by molar-refractivity contribution is 6.17. The van der Waals surface area contributed by atoms with Gasteiger partial charge in [-0.1, -0.05) is 0 Å². The monoisotopic (exact) mass is 322 g/mol. The highest BCUT2D eigenvalue weighted by Crippen LogP contribution is 2.32. The molecule has 2 nitrogen and oxygen atoms in total. The zero-order chi connectivity index (χ0) is 15.8. The molecule has 1 heterocycles. The average molecular weight is 323 g/mol. The van der Waals surface area contributed by atoms with E-state index in [0.717, 1.165) is 0 Å². The molecule has 1 unspecified atom stereocenters. The summed E-state index contributed by atoms with van der Waals surface area (Å²) in [5.41, 5.74) is 1.23. The SMILES string of the molecule is Cc1cc2c(cc1F)nc(CCCl)n2C(C)CC(F)(F)F. The van der Waals surface area contributed by atoms with Crippen molar-refractivity contribution in [2.24, 2.45) is 0 Å². The normalized spacial score (nSPS) is 13.9. The maximum absolute atomic E-state index is 13.6. The van der Waals surface area contributed by atoms with E-state index in [9.17, 15) is 17.6 Å². The summed E-state index contributed by atoms with van der Waals surface area (Å²) in [5.74, 6) is 0.263. The molecular weight excluding hydrogens is 308 g/mol. The summed E-state index contributed by atoms with van der Waals surface area (Å²) in [5, 5.41) is 0. The third-order valence-corrected chi connectivity index (χ3v) is 3.52. The van der Waals surface area contributed by atoms with E-state index in [1.807, 2.05) is 0 Å². The fourth-order valence-corrected chi connectivity index (χ4v) is 2.62. The van der Waals surface area contributed by atoms with Crippen LogP contribution in [-0.2, 0) is 6.42 Å². The fourth-order valence-electron chi connectivity index (χ4n) is 2.45. The fraction of sp³-hybridized carbons (Fsp3) is 0.500. The largest absolute Gasteiger partial charge is 0.391 e. The van der Waals surface area contributed by atoms with E-state index in [2.05, 4.69) is 4.98 Å². The maximum Gasteiger partial charge on any atom is 0.391 e. The minimum Gasteiger partial charge on any atom is -0.325 e. The predicted molar refractivity (Wildman–Crippen MR) is 74.2 cm³/mol. The lowest BCUT2D eigenvalue weighted by molar-refractivity contribution is -0.141. The molecule has 0 aliphatic heterocycles. The van der Waals surface area contributed by atoms with Gasteiger partial charge in [0.25, 0.3) is 0 Å². The Morgan fingerprint density at radius 1 is 1.33 bits per heavy atom. The zero-order valence-corrected chi connectivity index (χ0v) is 12.4. The summed E-state index contributed by atoms with van der Waals surface area (Å²) >= 11 is 5.69. The average Bonchev–Trinajstić information content (AvgIpc) is 2.65. The molecule has 2 aromatic rings. The van der Waals surface area contributed by atoms with Crippen molar-refractivity contribution in [3.63, 3.8) is 0 Å². The van der Waals surface area contributed by atoms with E-state index in [1.54, 1.807) is 6.92 Å². The van der Waals surface area contributed by atoms with Crippen LogP contribution in [0.3, 0.4) is 0 Å². The molecule has 2 rings (SSSR count). The molecule has 1 aromatic carbocycles. The lowest BCUT2D eigenvalue weighted by Crippen LogP contribution is -2.18. The number of aromatic nitrogens is 2. The van der Waals surface area contributed by atoms with Crippen molar-refractivity contribution in [3.05, 3.63) is 29.3 Å². The summed E-state index contributed by atoms with van der Waals surface area (Å²) < 4.78 is 53.0. The molecule has 0 amide bonds. The summed E-state index contributed by atoms with van der Waals surface area (Å²) in [6, 6.07) is 1.96. The van der Waals surface area contributed by atoms with E-state index in [0.29, 0.717) is 28.8 Å². The van der Waals surface area contributed by atoms with Crippen LogP contribution in [0.25, 0.3) is 11.0 Å². The molecule has 0 aliphatic carbocycles. The Kier molecular flexibility index (Phi) is 4.46. The van der Waals surface area contributed by atoms with Crippen molar-refractivity contribution in [2.45, 2.75) is 38.9 Å². The Labute approximate surface area is 124 Å². The Balaban J connectivity index is 2.57. The molecule has 0 spiro atoms. The van der Waals surface area contributed by atoms with Gasteiger partial charge in [0.2, 0.25) is 0 Å². The van der Waals surface area contributed by atoms with Crippen LogP contribution >= 0.6 is 11.6 Å². The summed E-state index contributed by atoms with van der Waals surface area (Å²) in [6.07, 6.45) is -4.91. The molecular formula is C14H15ClF4N2. The number of hydrogen-bond acceptors (Lipinski definition) is 1. The number of alkyl halides is 4. The van der Waals surface area contributed by atoms with Gasteiger partial charge in [0, 0.05) is 24.4 Å². The molecule has 0 radical (unpaired) electrons. The maximum atomic E-state index is 13.6. The van der Waals surface area contributed by atoms with Crippen molar-refractivity contribution in [1.82, 2.24) is 9.55 Å². The van der Waals surface area contributed by atoms with Gasteiger partial charge in [-0.2, -0.15) is 13.2 Å². The molecule has 0 fully saturated rings. The van der Waals surface area contributed by atoms with Crippen LogP contribution in [0.1, 0.15) is 30.8 Å². The molecule has 1 atom stereocenters. The molecule has 0 bridgehead atoms. The molecule has 21 heavy (non-hydrogen) atoms. The van der Waals surface area contributed by atoms with E-state index >= 15 is 0 Å². The first-order valence-corrected chi connectivity index (χ1v) is 7.06. The van der Waals surface area contributed by atoms with Crippen molar-refractivity contribution in [2.75, 3.05) is 5.88 Å². The number of rotatable bonds is 4. The Bertz CT molecular complexity index is 648. The third kappa shape index (κ3) is 3.48. The van der Waals surface area contributed by atoms with Gasteiger partial charge in [0.15, 0.2) is 0 Å². The van der Waals surface area contributed by atoms with Gasteiger partial charge in [-0.15, -0.1) is 11.6 Å². The molecule has 0 N–H and O–H groups in total. The Morgan fingerprint density at radius 2 is 2.00 bits per heavy atom. The van der Waals surface area contributed by atoms with Crippen LogP contribution in [0.4, 0.5) is 17.6 Å². The number of benzene rings is 1. The van der Waals surface area contributed by atoms with Crippen LogP contribution in [-0.4, -0.2) is 21.6 Å². The second kappa shape index (κ2) is 5.83. The molecule has 0 saturated carbocycles. The highest BCUT2D eigenvalue weighted by atomic mass is 35.5. The highest BCUT2D eigenvalue weighted by Gasteiger charge is 2.32. The van der Waals surface area contributed by atoms with Crippen molar-refractivity contribution >= 4 is 22.6 Å². The smallest absolute Gasteiger partial charge is 0.325 e. The van der Waals surface area contributed by atoms with Gasteiger partial charge >= 0.3 is 6.18 Å². The van der Waals surface area contributed by atoms with E-state index in [4.69, 9.17) is 11.6 Å². The number of hydrogen-bond donors (Lipinski definition) is 0. The van der Waals surface area contributed by atoms with E-state index < -0.39 is 24.5 Å². The van der Waals surface area contributed by atoms with Gasteiger partial charge in [-0.05, 0) is 25.5 Å². The van der Waals surface area contributed by atoms with Gasteiger partial charge in [-0.3, -0.25) is 0 Å². The van der Waals surface area contributed by atoms with Crippen LogP contribution in [0.5, 0.6) is 0 Å². The first kappa shape index (κ1) is 16.1. The van der Waals surface area contributed by atoms with Gasteiger partial charge in [0.05, 0.1) is 17.5 Å². The first-order valence-electron chi connectivity index (χ1n) is 6.52. The van der Waals surface area contributed by atoms with Crippen LogP contribution in [0, 0.1) is 12.7 Å². The quantitative estimate of drug-likeness (QED) is 0.585. The summed E-state index contributed by atoms with van der Waals surface area (Å²) in [7, 11) is 0. The third-order valence-electron chi connectivity index (χ3n) is 3.33. The summed E-state index contributed by atoms with van der Waals surface area (Å²) in [4.78, 5) is 4.23. The van der Waals surface area contributed by atoms with Crippen molar-refractivity contribution in [1.29, 1.82) is 0 Å². The molecule has 7 heteroatoms. The Hall–Kier alpha value is -1.30. The van der Waals surface area contributed by atoms with Crippen molar-refractivity contribution < 1.29 is 17.6 Å². The number of halogens is 5. The minimum atomic E-state index is -4.27. The predicted octanol–water partition coefficient (Wildman–Crippen LogP) is 4.78. The minimum absolute atomic E-state index is 0.240. The van der Waals surface area contributed by atoms with Gasteiger partial charge < -0.3 is 4.57 Å². The second-order valence-electron chi connectivity index (χ2n) is 5.10. The molecule has 0 aliphatic rings. The number of aryl methyl sites for hydroxylation is 2. The van der Waals surface area contributed by atoms with E-state index in [1.165, 1.54) is 23.6 Å². The lowest BCUT2D eigenvalue weighted by atomic mass is 10.1. The van der Waals surface area contributed by atoms with E-state index in [-0.39, 0.29) is 5.88 Å². The van der Waals surface area contributed by atoms with Crippen molar-refractivity contribution in [3.8, 4) is 0 Å². The molecule has 1 aromatic heterocycles. The topological polar surface area (TPSA) is 17.8 Å². The summed E-state index contributed by atoms with van der Waals surface area (Å²) in [6.45, 7) is 3.05. The Morgan fingerprint density at radius 3 is 2.57 bits per heavy atom. The lowest BCUT2D eigenvalue weighted by Gasteiger charge is -2.19. The van der Waals surface area contributed by atoms with Crippen LogP contribution < -0.4 is 0 Å². The molecule has 0 saturated heterocycles. The number of imidazole rings is 1. The first-order chi connectivity index (χ1) is 9.73. The zero-order valence-electron chi connectivity index (χ0n) is 11.6.